The van der Waals surface area contributed by atoms with E-state index >= 15 is 0 Å². The number of methoxy groups -OCH3 is 1. The number of rotatable bonds is 7. The molecule has 4 heterocycles. The third kappa shape index (κ3) is 6.06. The van der Waals surface area contributed by atoms with Gasteiger partial charge in [-0.15, -0.1) is 0 Å². The summed E-state index contributed by atoms with van der Waals surface area (Å²) in [5, 5.41) is 0. The van der Waals surface area contributed by atoms with Gasteiger partial charge in [-0.3, -0.25) is 0 Å². The highest BCUT2D eigenvalue weighted by Crippen LogP contribution is 2.41. The van der Waals surface area contributed by atoms with Gasteiger partial charge in [-0.2, -0.15) is 0 Å². The molecule has 0 saturated carbocycles. The first-order chi connectivity index (χ1) is 18.9. The highest BCUT2D eigenvalue weighted by Gasteiger charge is 2.55. The van der Waals surface area contributed by atoms with Crippen LogP contribution in [0.1, 0.15) is 31.3 Å². The molecule has 9 nitrogen and oxygen atoms in total. The Hall–Kier alpha value is -1.19. The van der Waals surface area contributed by atoms with Crippen LogP contribution < -0.4 is 0 Å². The van der Waals surface area contributed by atoms with Gasteiger partial charge in [0.05, 0.1) is 23.7 Å². The van der Waals surface area contributed by atoms with Crippen molar-refractivity contribution in [2.75, 3.05) is 20.3 Å². The summed E-state index contributed by atoms with van der Waals surface area (Å²) in [4.78, 5) is 0. The standard InChI is InChI=1S/C29H35IO9/c1-29(2)38-20-16-34-27(21(30)22(20)39-29)37-25-24(32-14-17-10-6-4-7-11-17)23-19(35-28(25)31-3)15-33-26(36-23)18-12-8-5-9-13-18/h4-13,19-28H,14-16H2,1-3H3/t19-,20-,21-,22-,23-,24+,25-,26-,27+,28+/m1/s1. The van der Waals surface area contributed by atoms with E-state index in [0.717, 1.165) is 11.1 Å². The molecule has 4 aliphatic rings. The van der Waals surface area contributed by atoms with E-state index in [1.807, 2.05) is 74.5 Å². The molecule has 2 aromatic rings. The Labute approximate surface area is 242 Å². The van der Waals surface area contributed by atoms with Gasteiger partial charge in [0.15, 0.2) is 24.7 Å². The lowest BCUT2D eigenvalue weighted by atomic mass is 9.96. The van der Waals surface area contributed by atoms with Gasteiger partial charge in [-0.05, 0) is 19.4 Å². The van der Waals surface area contributed by atoms with Crippen LogP contribution >= 0.6 is 22.6 Å². The Bertz CT molecular complexity index is 1070. The van der Waals surface area contributed by atoms with E-state index in [2.05, 4.69) is 22.6 Å². The molecule has 6 rings (SSSR count). The van der Waals surface area contributed by atoms with Gasteiger partial charge in [-0.25, -0.2) is 0 Å². The molecule has 0 bridgehead atoms. The van der Waals surface area contributed by atoms with Crippen LogP contribution in [-0.4, -0.2) is 79.2 Å². The smallest absolute Gasteiger partial charge is 0.186 e. The minimum atomic E-state index is -0.713. The largest absolute Gasteiger partial charge is 0.368 e. The van der Waals surface area contributed by atoms with Crippen LogP contribution in [0.5, 0.6) is 0 Å². The number of fused-ring (bicyclic) bond motifs is 2. The van der Waals surface area contributed by atoms with Crippen LogP contribution in [-0.2, 0) is 49.2 Å². The number of hydrogen-bond donors (Lipinski definition) is 0. The topological polar surface area (TPSA) is 83.1 Å². The molecule has 4 aliphatic heterocycles. The van der Waals surface area contributed by atoms with E-state index in [0.29, 0.717) is 19.8 Å². The minimum absolute atomic E-state index is 0.124. The molecule has 0 amide bonds. The number of benzene rings is 2. The predicted octanol–water partition coefficient (Wildman–Crippen LogP) is 4.12. The van der Waals surface area contributed by atoms with Crippen LogP contribution in [0.2, 0.25) is 0 Å². The Morgan fingerprint density at radius 1 is 0.821 bits per heavy atom. The van der Waals surface area contributed by atoms with Crippen molar-refractivity contribution in [1.29, 1.82) is 0 Å². The van der Waals surface area contributed by atoms with Gasteiger partial charge in [0.2, 0.25) is 0 Å². The number of alkyl halides is 1. The fourth-order valence-electron chi connectivity index (χ4n) is 5.58. The summed E-state index contributed by atoms with van der Waals surface area (Å²) in [6.07, 6.45) is -4.17. The molecule has 2 aromatic carbocycles. The maximum Gasteiger partial charge on any atom is 0.186 e. The molecular formula is C29H35IO9. The lowest BCUT2D eigenvalue weighted by molar-refractivity contribution is -0.382. The molecule has 0 radical (unpaired) electrons. The van der Waals surface area contributed by atoms with Crippen molar-refractivity contribution in [3.8, 4) is 0 Å². The first-order valence-corrected chi connectivity index (χ1v) is 14.6. The van der Waals surface area contributed by atoms with Crippen molar-refractivity contribution in [3.05, 3.63) is 71.8 Å². The average Bonchev–Trinajstić information content (AvgIpc) is 3.29. The lowest BCUT2D eigenvalue weighted by Gasteiger charge is -2.49. The maximum atomic E-state index is 6.65. The molecule has 39 heavy (non-hydrogen) atoms. The minimum Gasteiger partial charge on any atom is -0.368 e. The molecule has 0 N–H and O–H groups in total. The van der Waals surface area contributed by atoms with Gasteiger partial charge in [0.25, 0.3) is 0 Å². The highest BCUT2D eigenvalue weighted by molar-refractivity contribution is 14.1. The van der Waals surface area contributed by atoms with E-state index in [-0.39, 0.29) is 16.1 Å². The van der Waals surface area contributed by atoms with E-state index in [4.69, 9.17) is 42.6 Å². The highest BCUT2D eigenvalue weighted by atomic mass is 127. The number of hydrogen-bond acceptors (Lipinski definition) is 9. The number of ether oxygens (including phenoxy) is 9. The van der Waals surface area contributed by atoms with Gasteiger partial charge < -0.3 is 42.6 Å². The first-order valence-electron chi connectivity index (χ1n) is 13.3. The number of halogens is 1. The molecule has 0 spiro atoms. The summed E-state index contributed by atoms with van der Waals surface area (Å²) in [6, 6.07) is 19.9. The molecule has 0 aromatic heterocycles. The third-order valence-electron chi connectivity index (χ3n) is 7.38. The molecule has 212 valence electrons. The molecule has 0 unspecified atom stereocenters. The fourth-order valence-corrected chi connectivity index (χ4v) is 6.57. The maximum absolute atomic E-state index is 6.65. The van der Waals surface area contributed by atoms with Gasteiger partial charge in [0.1, 0.15) is 36.6 Å². The van der Waals surface area contributed by atoms with Crippen molar-refractivity contribution in [2.24, 2.45) is 0 Å². The first kappa shape index (κ1) is 28.0. The zero-order valence-electron chi connectivity index (χ0n) is 22.2. The Balaban J connectivity index is 1.25. The Kier molecular flexibility index (Phi) is 8.58. The summed E-state index contributed by atoms with van der Waals surface area (Å²) in [5.74, 6) is -0.670. The van der Waals surface area contributed by atoms with Gasteiger partial charge in [0, 0.05) is 12.7 Å². The second-order valence-corrected chi connectivity index (χ2v) is 12.0. The molecule has 10 heteroatoms. The molecule has 10 atom stereocenters. The molecule has 4 fully saturated rings. The van der Waals surface area contributed by atoms with E-state index in [1.54, 1.807) is 7.11 Å². The SMILES string of the molecule is CO[C@H]1O[C@@H]2CO[C@@H](c3ccccc3)O[C@H]2[C@H](OCc2ccccc2)[C@H]1O[C@@H]1OC[C@H]2OC(C)(C)O[C@H]2[C@H]1I. The van der Waals surface area contributed by atoms with E-state index < -0.39 is 49.1 Å². The molecule has 0 aliphatic carbocycles. The normalized spacial score (nSPS) is 39.6. The average molecular weight is 654 g/mol. The Morgan fingerprint density at radius 2 is 1.54 bits per heavy atom. The summed E-state index contributed by atoms with van der Waals surface area (Å²) in [6.45, 7) is 4.91. The van der Waals surface area contributed by atoms with E-state index in [9.17, 15) is 0 Å². The summed E-state index contributed by atoms with van der Waals surface area (Å²) < 4.78 is 56.2. The zero-order valence-corrected chi connectivity index (χ0v) is 24.4. The lowest BCUT2D eigenvalue weighted by Crippen LogP contribution is -2.65. The predicted molar refractivity (Wildman–Crippen MR) is 147 cm³/mol. The van der Waals surface area contributed by atoms with Gasteiger partial charge in [-0.1, -0.05) is 83.3 Å². The van der Waals surface area contributed by atoms with Crippen molar-refractivity contribution < 1.29 is 42.6 Å². The van der Waals surface area contributed by atoms with Crippen LogP contribution in [0.4, 0.5) is 0 Å². The van der Waals surface area contributed by atoms with Crippen LogP contribution in [0.3, 0.4) is 0 Å². The third-order valence-corrected chi connectivity index (χ3v) is 8.68. The van der Waals surface area contributed by atoms with Gasteiger partial charge >= 0.3 is 0 Å². The van der Waals surface area contributed by atoms with Crippen LogP contribution in [0.25, 0.3) is 0 Å². The molecular weight excluding hydrogens is 619 g/mol. The van der Waals surface area contributed by atoms with Crippen molar-refractivity contribution in [2.45, 2.75) is 85.7 Å². The zero-order chi connectivity index (χ0) is 27.0. The molecule has 4 saturated heterocycles. The summed E-state index contributed by atoms with van der Waals surface area (Å²) >= 11 is 2.33. The van der Waals surface area contributed by atoms with Crippen LogP contribution in [0, 0.1) is 0 Å². The summed E-state index contributed by atoms with van der Waals surface area (Å²) in [7, 11) is 1.60. The van der Waals surface area contributed by atoms with Crippen molar-refractivity contribution >= 4 is 22.6 Å². The van der Waals surface area contributed by atoms with Crippen molar-refractivity contribution in [1.82, 2.24) is 0 Å². The van der Waals surface area contributed by atoms with Crippen LogP contribution in [0.15, 0.2) is 60.7 Å². The van der Waals surface area contributed by atoms with E-state index in [1.165, 1.54) is 0 Å². The quantitative estimate of drug-likeness (QED) is 0.324. The van der Waals surface area contributed by atoms with Crippen molar-refractivity contribution in [3.63, 3.8) is 0 Å². The Morgan fingerprint density at radius 3 is 2.28 bits per heavy atom. The summed E-state index contributed by atoms with van der Waals surface area (Å²) in [5.41, 5.74) is 1.97. The second kappa shape index (κ2) is 12.0. The monoisotopic (exact) mass is 654 g/mol. The second-order valence-electron chi connectivity index (χ2n) is 10.6. The fraction of sp³-hybridized carbons (Fsp3) is 0.586.